The van der Waals surface area contributed by atoms with E-state index >= 15 is 0 Å². The van der Waals surface area contributed by atoms with Crippen LogP contribution in [0, 0.1) is 5.92 Å². The van der Waals surface area contributed by atoms with Crippen LogP contribution in [0.4, 0.5) is 0 Å². The highest BCUT2D eigenvalue weighted by Crippen LogP contribution is 2.38. The minimum atomic E-state index is 0.836. The van der Waals surface area contributed by atoms with Crippen molar-refractivity contribution in [3.05, 3.63) is 0 Å². The van der Waals surface area contributed by atoms with Crippen LogP contribution in [0.15, 0.2) is 4.99 Å². The molecule has 3 aliphatic rings. The Labute approximate surface area is 85.8 Å². The van der Waals surface area contributed by atoms with E-state index in [1.54, 1.807) is 0 Å². The van der Waals surface area contributed by atoms with Crippen LogP contribution in [0.5, 0.6) is 0 Å². The SMILES string of the molecule is CN1CCN=C1N1CCC1C1CCC1. The Morgan fingerprint density at radius 2 is 2.07 bits per heavy atom. The first-order valence-corrected chi connectivity index (χ1v) is 5.88. The Balaban J connectivity index is 1.67. The van der Waals surface area contributed by atoms with Crippen molar-refractivity contribution in [2.45, 2.75) is 31.7 Å². The van der Waals surface area contributed by atoms with Gasteiger partial charge in [0.2, 0.25) is 0 Å². The first-order chi connectivity index (χ1) is 6.86. The summed E-state index contributed by atoms with van der Waals surface area (Å²) in [6.45, 7) is 3.35. The fourth-order valence-electron chi connectivity index (χ4n) is 2.80. The lowest BCUT2D eigenvalue weighted by Crippen LogP contribution is -2.58. The van der Waals surface area contributed by atoms with Gasteiger partial charge in [-0.15, -0.1) is 0 Å². The molecule has 2 fully saturated rings. The van der Waals surface area contributed by atoms with Crippen LogP contribution < -0.4 is 0 Å². The number of likely N-dealkylation sites (tertiary alicyclic amines) is 1. The van der Waals surface area contributed by atoms with Crippen molar-refractivity contribution >= 4 is 5.96 Å². The molecule has 0 amide bonds. The van der Waals surface area contributed by atoms with E-state index in [9.17, 15) is 0 Å². The van der Waals surface area contributed by atoms with Gasteiger partial charge >= 0.3 is 0 Å². The van der Waals surface area contributed by atoms with Gasteiger partial charge in [-0.1, -0.05) is 6.42 Å². The normalized spacial score (nSPS) is 32.6. The van der Waals surface area contributed by atoms with E-state index in [1.807, 2.05) is 0 Å². The van der Waals surface area contributed by atoms with Crippen LogP contribution >= 0.6 is 0 Å². The summed E-state index contributed by atoms with van der Waals surface area (Å²) in [4.78, 5) is 9.45. The van der Waals surface area contributed by atoms with E-state index in [-0.39, 0.29) is 0 Å². The van der Waals surface area contributed by atoms with Crippen molar-refractivity contribution in [2.75, 3.05) is 26.7 Å². The Morgan fingerprint density at radius 1 is 1.21 bits per heavy atom. The largest absolute Gasteiger partial charge is 0.344 e. The quantitative estimate of drug-likeness (QED) is 0.622. The molecule has 78 valence electrons. The molecule has 1 saturated carbocycles. The summed E-state index contributed by atoms with van der Waals surface area (Å²) in [7, 11) is 2.17. The van der Waals surface area contributed by atoms with E-state index in [0.29, 0.717) is 0 Å². The third-order valence-corrected chi connectivity index (χ3v) is 4.05. The molecule has 1 aliphatic carbocycles. The van der Waals surface area contributed by atoms with Gasteiger partial charge in [0.15, 0.2) is 5.96 Å². The van der Waals surface area contributed by atoms with Gasteiger partial charge < -0.3 is 9.80 Å². The van der Waals surface area contributed by atoms with E-state index in [2.05, 4.69) is 21.8 Å². The van der Waals surface area contributed by atoms with Gasteiger partial charge in [-0.25, -0.2) is 0 Å². The number of nitrogens with zero attached hydrogens (tertiary/aromatic N) is 3. The van der Waals surface area contributed by atoms with E-state index in [1.165, 1.54) is 38.2 Å². The van der Waals surface area contributed by atoms with Gasteiger partial charge in [0.05, 0.1) is 6.54 Å². The molecule has 0 spiro atoms. The third kappa shape index (κ3) is 1.14. The van der Waals surface area contributed by atoms with Gasteiger partial charge in [-0.3, -0.25) is 4.99 Å². The highest BCUT2D eigenvalue weighted by atomic mass is 15.4. The second kappa shape index (κ2) is 3.14. The van der Waals surface area contributed by atoms with Gasteiger partial charge in [-0.2, -0.15) is 0 Å². The number of hydrogen-bond donors (Lipinski definition) is 0. The molecule has 0 bridgehead atoms. The highest BCUT2D eigenvalue weighted by Gasteiger charge is 2.40. The van der Waals surface area contributed by atoms with Crippen LogP contribution in [0.1, 0.15) is 25.7 Å². The van der Waals surface area contributed by atoms with E-state index in [0.717, 1.165) is 25.0 Å². The molecule has 0 N–H and O–H groups in total. The van der Waals surface area contributed by atoms with E-state index in [4.69, 9.17) is 0 Å². The summed E-state index contributed by atoms with van der Waals surface area (Å²) < 4.78 is 0. The molecular weight excluding hydrogens is 174 g/mol. The predicted octanol–water partition coefficient (Wildman–Crippen LogP) is 1.16. The molecule has 3 rings (SSSR count). The predicted molar refractivity (Wildman–Crippen MR) is 57.4 cm³/mol. The minimum Gasteiger partial charge on any atom is -0.344 e. The topological polar surface area (TPSA) is 18.8 Å². The second-order valence-corrected chi connectivity index (χ2v) is 4.84. The van der Waals surface area contributed by atoms with Gasteiger partial charge in [0, 0.05) is 26.2 Å². The Morgan fingerprint density at radius 3 is 2.50 bits per heavy atom. The average molecular weight is 193 g/mol. The number of likely N-dealkylation sites (N-methyl/N-ethyl adjacent to an activating group) is 1. The molecule has 3 heteroatoms. The van der Waals surface area contributed by atoms with Crippen molar-refractivity contribution in [2.24, 2.45) is 10.9 Å². The number of hydrogen-bond acceptors (Lipinski definition) is 3. The Kier molecular flexibility index (Phi) is 1.92. The zero-order valence-corrected chi connectivity index (χ0v) is 8.95. The lowest BCUT2D eigenvalue weighted by molar-refractivity contribution is 0.0654. The van der Waals surface area contributed by atoms with Crippen LogP contribution in [0.25, 0.3) is 0 Å². The first-order valence-electron chi connectivity index (χ1n) is 5.88. The minimum absolute atomic E-state index is 0.836. The summed E-state index contributed by atoms with van der Waals surface area (Å²) >= 11 is 0. The zero-order valence-electron chi connectivity index (χ0n) is 8.95. The molecule has 0 radical (unpaired) electrons. The van der Waals surface area contributed by atoms with Crippen molar-refractivity contribution in [3.63, 3.8) is 0 Å². The van der Waals surface area contributed by atoms with Gasteiger partial charge in [-0.05, 0) is 25.2 Å². The van der Waals surface area contributed by atoms with Crippen LogP contribution in [-0.2, 0) is 0 Å². The number of aliphatic imine (C=N–C) groups is 1. The standard InChI is InChI=1S/C11H19N3/c1-13-8-6-12-11(13)14-7-5-10(14)9-3-2-4-9/h9-10H,2-8H2,1H3. The summed E-state index contributed by atoms with van der Waals surface area (Å²) in [6.07, 6.45) is 5.77. The molecule has 3 nitrogen and oxygen atoms in total. The molecule has 2 aliphatic heterocycles. The lowest BCUT2D eigenvalue weighted by atomic mass is 9.75. The average Bonchev–Trinajstić information content (AvgIpc) is 2.43. The molecule has 2 heterocycles. The van der Waals surface area contributed by atoms with Crippen LogP contribution in [0.3, 0.4) is 0 Å². The monoisotopic (exact) mass is 193 g/mol. The maximum Gasteiger partial charge on any atom is 0.196 e. The van der Waals surface area contributed by atoms with Crippen molar-refractivity contribution in [3.8, 4) is 0 Å². The molecule has 1 unspecified atom stereocenters. The molecule has 0 aromatic heterocycles. The highest BCUT2D eigenvalue weighted by molar-refractivity contribution is 5.82. The molecule has 1 atom stereocenters. The van der Waals surface area contributed by atoms with Crippen LogP contribution in [0.2, 0.25) is 0 Å². The molecule has 1 saturated heterocycles. The lowest BCUT2D eigenvalue weighted by Gasteiger charge is -2.50. The van der Waals surface area contributed by atoms with Crippen molar-refractivity contribution < 1.29 is 0 Å². The molecular formula is C11H19N3. The van der Waals surface area contributed by atoms with Crippen molar-refractivity contribution in [1.29, 1.82) is 0 Å². The summed E-state index contributed by atoms with van der Waals surface area (Å²) in [6, 6.07) is 0.836. The van der Waals surface area contributed by atoms with Gasteiger partial charge in [0.1, 0.15) is 0 Å². The Hall–Kier alpha value is -0.730. The number of guanidine groups is 1. The fraction of sp³-hybridized carbons (Fsp3) is 0.909. The molecule has 0 aromatic rings. The number of rotatable bonds is 1. The zero-order chi connectivity index (χ0) is 9.54. The van der Waals surface area contributed by atoms with E-state index < -0.39 is 0 Å². The van der Waals surface area contributed by atoms with Gasteiger partial charge in [0.25, 0.3) is 0 Å². The smallest absolute Gasteiger partial charge is 0.196 e. The fourth-order valence-corrected chi connectivity index (χ4v) is 2.80. The Bertz CT molecular complexity index is 257. The molecule has 14 heavy (non-hydrogen) atoms. The summed E-state index contributed by atoms with van der Waals surface area (Å²) in [5.41, 5.74) is 0. The molecule has 0 aromatic carbocycles. The third-order valence-electron chi connectivity index (χ3n) is 4.05. The maximum absolute atomic E-state index is 4.60. The van der Waals surface area contributed by atoms with Crippen LogP contribution in [-0.4, -0.2) is 48.5 Å². The second-order valence-electron chi connectivity index (χ2n) is 4.84. The summed E-state index contributed by atoms with van der Waals surface area (Å²) in [5, 5.41) is 0. The van der Waals surface area contributed by atoms with Crippen molar-refractivity contribution in [1.82, 2.24) is 9.80 Å². The summed E-state index contributed by atoms with van der Waals surface area (Å²) in [5.74, 6) is 2.26. The maximum atomic E-state index is 4.60. The first kappa shape index (κ1) is 8.57.